The predicted molar refractivity (Wildman–Crippen MR) is 122 cm³/mol. The van der Waals surface area contributed by atoms with Gasteiger partial charge < -0.3 is 20.7 Å². The number of nitrogens with zero attached hydrogens (tertiary/aromatic N) is 2. The van der Waals surface area contributed by atoms with Crippen LogP contribution in [0.5, 0.6) is 0 Å². The minimum atomic E-state index is -2.82. The lowest BCUT2D eigenvalue weighted by Crippen LogP contribution is -2.52. The smallest absolute Gasteiger partial charge is 0.265 e. The van der Waals surface area contributed by atoms with E-state index in [-0.39, 0.29) is 35.7 Å². The average molecular weight is 455 g/mol. The standard InChI is InChI=1S/C23H36F2N4O3/c1-15(2)12-28(14-23(3,4)5)19(11-26)22(31)27-18-7-6-16(10-17(18)21(24)25)29-8-9-32-13-20(29)30/h6-7,10,15,19,21H,8-9,11-14,26H2,1-5H3,(H,27,31)/t19-/m0/s1. The third-order valence-electron chi connectivity index (χ3n) is 5.07. The number of carbonyl (C=O) groups is 2. The fourth-order valence-electron chi connectivity index (χ4n) is 3.82. The Morgan fingerprint density at radius 1 is 1.31 bits per heavy atom. The van der Waals surface area contributed by atoms with Gasteiger partial charge in [0.15, 0.2) is 0 Å². The van der Waals surface area contributed by atoms with Gasteiger partial charge in [0.1, 0.15) is 12.6 Å². The number of nitrogens with two attached hydrogens (primary N) is 1. The van der Waals surface area contributed by atoms with Crippen molar-refractivity contribution in [3.8, 4) is 0 Å². The molecule has 1 aromatic rings. The molecule has 1 atom stereocenters. The van der Waals surface area contributed by atoms with Crippen molar-refractivity contribution in [2.45, 2.75) is 47.1 Å². The van der Waals surface area contributed by atoms with Crippen molar-refractivity contribution in [1.82, 2.24) is 4.90 Å². The molecule has 1 heterocycles. The van der Waals surface area contributed by atoms with Crippen LogP contribution in [0.1, 0.15) is 46.6 Å². The van der Waals surface area contributed by atoms with E-state index < -0.39 is 18.4 Å². The van der Waals surface area contributed by atoms with Gasteiger partial charge >= 0.3 is 0 Å². The zero-order valence-electron chi connectivity index (χ0n) is 19.7. The number of benzene rings is 1. The van der Waals surface area contributed by atoms with Gasteiger partial charge in [0.2, 0.25) is 5.91 Å². The summed E-state index contributed by atoms with van der Waals surface area (Å²) in [6.45, 7) is 12.3. The number of nitrogens with one attached hydrogen (secondary N) is 1. The van der Waals surface area contributed by atoms with Crippen LogP contribution in [0.4, 0.5) is 20.2 Å². The molecule has 0 saturated carbocycles. The van der Waals surface area contributed by atoms with E-state index in [2.05, 4.69) is 39.9 Å². The predicted octanol–water partition coefficient (Wildman–Crippen LogP) is 3.26. The highest BCUT2D eigenvalue weighted by Gasteiger charge is 2.30. The lowest BCUT2D eigenvalue weighted by atomic mass is 9.94. The van der Waals surface area contributed by atoms with Crippen molar-refractivity contribution in [1.29, 1.82) is 0 Å². The van der Waals surface area contributed by atoms with Crippen LogP contribution in [-0.2, 0) is 14.3 Å². The second-order valence-electron chi connectivity index (χ2n) is 9.79. The molecule has 0 aliphatic carbocycles. The lowest BCUT2D eigenvalue weighted by molar-refractivity contribution is -0.125. The summed E-state index contributed by atoms with van der Waals surface area (Å²) in [6.07, 6.45) is -2.82. The van der Waals surface area contributed by atoms with E-state index in [0.717, 1.165) is 0 Å². The topological polar surface area (TPSA) is 87.9 Å². The number of halogens is 2. The molecule has 32 heavy (non-hydrogen) atoms. The Bertz CT molecular complexity index is 796. The van der Waals surface area contributed by atoms with Crippen molar-refractivity contribution in [3.05, 3.63) is 23.8 Å². The summed E-state index contributed by atoms with van der Waals surface area (Å²) in [4.78, 5) is 28.6. The van der Waals surface area contributed by atoms with E-state index in [4.69, 9.17) is 10.5 Å². The molecular weight excluding hydrogens is 418 g/mol. The van der Waals surface area contributed by atoms with E-state index in [1.165, 1.54) is 17.0 Å². The second-order valence-corrected chi connectivity index (χ2v) is 9.79. The molecule has 3 N–H and O–H groups in total. The van der Waals surface area contributed by atoms with E-state index in [0.29, 0.717) is 37.8 Å². The first kappa shape index (κ1) is 26.2. The van der Waals surface area contributed by atoms with Crippen molar-refractivity contribution in [2.24, 2.45) is 17.1 Å². The largest absolute Gasteiger partial charge is 0.370 e. The Labute approximate surface area is 189 Å². The van der Waals surface area contributed by atoms with Gasteiger partial charge in [0.25, 0.3) is 12.3 Å². The number of alkyl halides is 2. The molecule has 2 rings (SSSR count). The van der Waals surface area contributed by atoms with E-state index in [1.54, 1.807) is 6.07 Å². The summed E-state index contributed by atoms with van der Waals surface area (Å²) in [5, 5.41) is 2.65. The number of carbonyl (C=O) groups excluding carboxylic acids is 2. The SMILES string of the molecule is CC(C)CN(CC(C)(C)C)[C@@H](CN)C(=O)Nc1ccc(N2CCOCC2=O)cc1C(F)F. The number of ether oxygens (including phenoxy) is 1. The molecular formula is C23H36F2N4O3. The van der Waals surface area contributed by atoms with Crippen LogP contribution in [0.2, 0.25) is 0 Å². The van der Waals surface area contributed by atoms with Crippen LogP contribution in [0, 0.1) is 11.3 Å². The van der Waals surface area contributed by atoms with Crippen molar-refractivity contribution in [3.63, 3.8) is 0 Å². The zero-order chi connectivity index (χ0) is 24.1. The summed E-state index contributed by atoms with van der Waals surface area (Å²) in [7, 11) is 0. The van der Waals surface area contributed by atoms with Gasteiger partial charge in [-0.15, -0.1) is 0 Å². The van der Waals surface area contributed by atoms with Crippen LogP contribution in [0.25, 0.3) is 0 Å². The van der Waals surface area contributed by atoms with Crippen LogP contribution in [0.3, 0.4) is 0 Å². The van der Waals surface area contributed by atoms with E-state index in [1.807, 2.05) is 4.90 Å². The van der Waals surface area contributed by atoms with Gasteiger partial charge in [0, 0.05) is 43.1 Å². The molecule has 1 aliphatic heterocycles. The Hall–Kier alpha value is -2.10. The first-order valence-electron chi connectivity index (χ1n) is 11.0. The Morgan fingerprint density at radius 3 is 2.53 bits per heavy atom. The first-order chi connectivity index (χ1) is 14.9. The van der Waals surface area contributed by atoms with Gasteiger partial charge in [-0.25, -0.2) is 8.78 Å². The van der Waals surface area contributed by atoms with Crippen LogP contribution in [0.15, 0.2) is 18.2 Å². The van der Waals surface area contributed by atoms with Gasteiger partial charge in [-0.05, 0) is 29.5 Å². The maximum Gasteiger partial charge on any atom is 0.265 e. The second kappa shape index (κ2) is 11.2. The highest BCUT2D eigenvalue weighted by molar-refractivity contribution is 5.97. The van der Waals surface area contributed by atoms with Gasteiger partial charge in [-0.1, -0.05) is 34.6 Å². The molecule has 9 heteroatoms. The van der Waals surface area contributed by atoms with Gasteiger partial charge in [0.05, 0.1) is 6.61 Å². The summed E-state index contributed by atoms with van der Waals surface area (Å²) in [5.41, 5.74) is 5.93. The minimum absolute atomic E-state index is 0.0214. The molecule has 1 aromatic carbocycles. The third-order valence-corrected chi connectivity index (χ3v) is 5.07. The monoisotopic (exact) mass is 454 g/mol. The molecule has 0 bridgehead atoms. The van der Waals surface area contributed by atoms with Crippen LogP contribution >= 0.6 is 0 Å². The first-order valence-corrected chi connectivity index (χ1v) is 11.0. The van der Waals surface area contributed by atoms with Gasteiger partial charge in [-0.3, -0.25) is 14.5 Å². The normalized spacial score (nSPS) is 16.2. The number of morpholine rings is 1. The number of hydrogen-bond acceptors (Lipinski definition) is 5. The maximum absolute atomic E-state index is 13.8. The summed E-state index contributed by atoms with van der Waals surface area (Å²) >= 11 is 0. The quantitative estimate of drug-likeness (QED) is 0.598. The zero-order valence-corrected chi connectivity index (χ0v) is 19.7. The van der Waals surface area contributed by atoms with Gasteiger partial charge in [-0.2, -0.15) is 0 Å². The van der Waals surface area contributed by atoms with E-state index in [9.17, 15) is 18.4 Å². The lowest BCUT2D eigenvalue weighted by Gasteiger charge is -2.36. The van der Waals surface area contributed by atoms with Crippen LogP contribution < -0.4 is 16.0 Å². The summed E-state index contributed by atoms with van der Waals surface area (Å²) in [6, 6.07) is 3.58. The molecule has 2 amide bonds. The molecule has 1 saturated heterocycles. The Balaban J connectivity index is 2.28. The Kier molecular flexibility index (Phi) is 9.12. The van der Waals surface area contributed by atoms with Crippen molar-refractivity contribution in [2.75, 3.05) is 49.6 Å². The molecule has 7 nitrogen and oxygen atoms in total. The molecule has 0 spiro atoms. The number of anilines is 2. The number of amides is 2. The highest BCUT2D eigenvalue weighted by atomic mass is 19.3. The molecule has 0 unspecified atom stereocenters. The molecule has 1 fully saturated rings. The fourth-order valence-corrected chi connectivity index (χ4v) is 3.82. The number of hydrogen-bond donors (Lipinski definition) is 2. The molecule has 0 aromatic heterocycles. The molecule has 180 valence electrons. The summed E-state index contributed by atoms with van der Waals surface area (Å²) in [5.74, 6) is -0.404. The molecule has 0 radical (unpaired) electrons. The van der Waals surface area contributed by atoms with Crippen molar-refractivity contribution >= 4 is 23.2 Å². The number of rotatable bonds is 9. The van der Waals surface area contributed by atoms with Crippen molar-refractivity contribution < 1.29 is 23.1 Å². The minimum Gasteiger partial charge on any atom is -0.370 e. The summed E-state index contributed by atoms with van der Waals surface area (Å²) < 4.78 is 32.8. The fraction of sp³-hybridized carbons (Fsp3) is 0.652. The third kappa shape index (κ3) is 7.21. The average Bonchev–Trinajstić information content (AvgIpc) is 2.67. The molecule has 1 aliphatic rings. The van der Waals surface area contributed by atoms with Crippen LogP contribution in [-0.4, -0.2) is 62.1 Å². The van der Waals surface area contributed by atoms with E-state index >= 15 is 0 Å². The highest BCUT2D eigenvalue weighted by Crippen LogP contribution is 2.32. The maximum atomic E-state index is 13.8. The Morgan fingerprint density at radius 2 is 2.00 bits per heavy atom.